The molecule has 34 heteroatoms. The second-order valence-electron chi connectivity index (χ2n) is 6.92. The molecule has 0 saturated carbocycles. The van der Waals surface area contributed by atoms with Gasteiger partial charge in [-0.05, 0) is 20.8 Å². The second kappa shape index (κ2) is 35.7. The summed E-state index contributed by atoms with van der Waals surface area (Å²) in [5, 5.41) is 93.0. The van der Waals surface area contributed by atoms with Crippen LogP contribution in [0, 0.1) is 17.8 Å². The molecule has 0 heterocycles. The summed E-state index contributed by atoms with van der Waals surface area (Å²) >= 11 is 0. The number of halogens is 9. The van der Waals surface area contributed by atoms with E-state index in [4.69, 9.17) is 89.8 Å². The molecule has 0 aromatic rings. The first kappa shape index (κ1) is 73.7. The number of alkyl halides is 9. The molecule has 52 heavy (non-hydrogen) atoms. The first-order chi connectivity index (χ1) is 21.2. The van der Waals surface area contributed by atoms with E-state index >= 15 is 0 Å². The molecule has 0 aromatic carbocycles. The number of hydrogen-bond acceptors (Lipinski definition) is 12. The van der Waals surface area contributed by atoms with Crippen molar-refractivity contribution in [1.82, 2.24) is 0 Å². The molecule has 0 fully saturated rings. The summed E-state index contributed by atoms with van der Waals surface area (Å²) in [4.78, 5) is 83.5. The third kappa shape index (κ3) is 64.8. The van der Waals surface area contributed by atoms with Gasteiger partial charge < -0.3 is 61.0 Å². The fraction of sp³-hybridized carbons (Fsp3) is 0.500. The normalized spacial score (nSPS) is 10.9. The van der Waals surface area contributed by atoms with Crippen molar-refractivity contribution in [2.45, 2.75) is 39.3 Å². The van der Waals surface area contributed by atoms with Crippen LogP contribution < -0.4 is 71.7 Å². The van der Waals surface area contributed by atoms with Gasteiger partial charge in [0.15, 0.2) is 0 Å². The zero-order valence-electron chi connectivity index (χ0n) is 26.6. The van der Waals surface area contributed by atoms with Crippen molar-refractivity contribution in [2.24, 2.45) is 17.8 Å². The van der Waals surface area contributed by atoms with Gasteiger partial charge in [-0.15, -0.1) is 0 Å². The van der Waals surface area contributed by atoms with E-state index in [1.54, 1.807) is 0 Å². The quantitative estimate of drug-likeness (QED) is 0.0730. The molecule has 0 saturated heterocycles. The molecule has 0 aliphatic rings. The SMILES string of the molecule is CC(C(=O)O)C(F)(F)F.CC(C(=O)O)C(F)(F)F.CC(C(=O)O)C(F)(F)F.O=C(O)C(=O)O.O=C(O)C(=O)O.O=C(O)C(=O)O.[Li+].[Li+].[Li+].[O-]B([O-])[O-]. The van der Waals surface area contributed by atoms with Crippen LogP contribution in [0.3, 0.4) is 0 Å². The largest absolute Gasteiger partial charge is 1.00 e. The van der Waals surface area contributed by atoms with Gasteiger partial charge in [0.1, 0.15) is 17.8 Å². The third-order valence-electron chi connectivity index (χ3n) is 3.13. The molecule has 0 rings (SSSR count). The molecule has 0 amide bonds. The molecule has 0 bridgehead atoms. The number of carboxylic acids is 9. The van der Waals surface area contributed by atoms with Crippen LogP contribution >= 0.6 is 0 Å². The molecular formula is C18H21BF9Li3O21. The Morgan fingerprint density at radius 2 is 0.462 bits per heavy atom. The van der Waals surface area contributed by atoms with Crippen LogP contribution in [0.5, 0.6) is 0 Å². The fourth-order valence-corrected chi connectivity index (χ4v) is 0.420. The molecule has 0 aliphatic carbocycles. The molecule has 3 unspecified atom stereocenters. The van der Waals surface area contributed by atoms with Crippen LogP contribution in [0.15, 0.2) is 0 Å². The van der Waals surface area contributed by atoms with E-state index in [-0.39, 0.29) is 56.6 Å². The Hall–Kier alpha value is -3.66. The molecule has 3 atom stereocenters. The van der Waals surface area contributed by atoms with Gasteiger partial charge in [0.05, 0.1) is 0 Å². The first-order valence-electron chi connectivity index (χ1n) is 10.5. The first-order valence-corrected chi connectivity index (χ1v) is 10.5. The summed E-state index contributed by atoms with van der Waals surface area (Å²) in [5.41, 5.74) is 0. The van der Waals surface area contributed by atoms with Gasteiger partial charge in [-0.2, -0.15) is 39.5 Å². The Bertz CT molecular complexity index is 936. The second-order valence-corrected chi connectivity index (χ2v) is 6.92. The van der Waals surface area contributed by atoms with Gasteiger partial charge in [0, 0.05) is 0 Å². The van der Waals surface area contributed by atoms with Crippen molar-refractivity contribution < 1.29 is 200 Å². The van der Waals surface area contributed by atoms with Crippen molar-refractivity contribution in [3.8, 4) is 0 Å². The van der Waals surface area contributed by atoms with Gasteiger partial charge in [0.25, 0.3) is 0 Å². The van der Waals surface area contributed by atoms with E-state index < -0.39 is 97.3 Å². The molecule has 21 nitrogen and oxygen atoms in total. The average Bonchev–Trinajstić information content (AvgIpc) is 2.86. The number of aliphatic carboxylic acids is 9. The molecule has 0 aromatic heterocycles. The molecule has 9 N–H and O–H groups in total. The number of carbonyl (C=O) groups is 9. The van der Waals surface area contributed by atoms with Gasteiger partial charge in [-0.1, -0.05) is 0 Å². The van der Waals surface area contributed by atoms with Crippen molar-refractivity contribution in [1.29, 1.82) is 0 Å². The number of hydrogen-bond donors (Lipinski definition) is 9. The Morgan fingerprint density at radius 3 is 0.462 bits per heavy atom. The van der Waals surface area contributed by atoms with Gasteiger partial charge in [0.2, 0.25) is 0 Å². The van der Waals surface area contributed by atoms with Gasteiger partial charge >= 0.3 is 129 Å². The minimum absolute atomic E-state index is 0. The summed E-state index contributed by atoms with van der Waals surface area (Å²) in [6.07, 6.45) is -13.9. The van der Waals surface area contributed by atoms with E-state index in [2.05, 4.69) is 0 Å². The Balaban J connectivity index is -0.0000000497. The average molecular weight is 776 g/mol. The van der Waals surface area contributed by atoms with Gasteiger partial charge in [-0.25, -0.2) is 28.8 Å². The van der Waals surface area contributed by atoms with Crippen molar-refractivity contribution in [3.05, 3.63) is 0 Å². The number of rotatable bonds is 3. The third-order valence-corrected chi connectivity index (χ3v) is 3.13. The maximum atomic E-state index is 11.3. The monoisotopic (exact) mass is 776 g/mol. The van der Waals surface area contributed by atoms with E-state index in [9.17, 15) is 53.9 Å². The molecule has 0 aliphatic heterocycles. The van der Waals surface area contributed by atoms with E-state index in [1.165, 1.54) is 0 Å². The topological polar surface area (TPSA) is 405 Å². The summed E-state index contributed by atoms with van der Waals surface area (Å²) in [5.74, 6) is -23.3. The molecule has 0 spiro atoms. The minimum atomic E-state index is -4.62. The number of carboxylic acid groups (broad SMARTS) is 9. The van der Waals surface area contributed by atoms with Crippen LogP contribution in [0.4, 0.5) is 39.5 Å². The van der Waals surface area contributed by atoms with Crippen LogP contribution in [-0.2, 0) is 43.2 Å². The Morgan fingerprint density at radius 1 is 0.385 bits per heavy atom. The van der Waals surface area contributed by atoms with Crippen molar-refractivity contribution in [2.75, 3.05) is 0 Å². The van der Waals surface area contributed by atoms with Crippen LogP contribution in [0.2, 0.25) is 0 Å². The smallest absolute Gasteiger partial charge is 0.907 e. The standard InChI is InChI=1S/3C4H5F3O2.3C2H2O4.BO3.3Li/c3*1-2(3(8)9)4(5,6)7;3*3-1(4)2(5)6;2-1(3)4;;;/h3*2H,1H3,(H,8,9);3*(H,3,4)(H,5,6);;;;/q;;;;;;-3;3*+1. The summed E-state index contributed by atoms with van der Waals surface area (Å²) in [7, 11) is -2.92. The van der Waals surface area contributed by atoms with Crippen LogP contribution in [0.25, 0.3) is 0 Å². The maximum absolute atomic E-state index is 11.3. The summed E-state index contributed by atoms with van der Waals surface area (Å²) in [6.45, 7) is 1.80. The van der Waals surface area contributed by atoms with E-state index in [1.807, 2.05) is 0 Å². The minimum Gasteiger partial charge on any atom is -0.907 e. The van der Waals surface area contributed by atoms with E-state index in [0.29, 0.717) is 20.8 Å². The van der Waals surface area contributed by atoms with Crippen molar-refractivity contribution in [3.63, 3.8) is 0 Å². The molecule has 0 radical (unpaired) electrons. The zero-order chi connectivity index (χ0) is 42.0. The zero-order valence-corrected chi connectivity index (χ0v) is 26.6. The van der Waals surface area contributed by atoms with Crippen molar-refractivity contribution >= 4 is 61.0 Å². The predicted octanol–water partition coefficient (Wildman–Crippen LogP) is -11.7. The predicted molar refractivity (Wildman–Crippen MR) is 120 cm³/mol. The van der Waals surface area contributed by atoms with Crippen LogP contribution in [0.1, 0.15) is 20.8 Å². The maximum Gasteiger partial charge on any atom is 1.00 e. The molecule has 288 valence electrons. The van der Waals surface area contributed by atoms with Gasteiger partial charge in [-0.3, -0.25) is 21.7 Å². The Kier molecular flexibility index (Phi) is 50.6. The van der Waals surface area contributed by atoms with Crippen LogP contribution in [-0.4, -0.2) is 126 Å². The van der Waals surface area contributed by atoms with E-state index in [0.717, 1.165) is 0 Å². The Labute approximate surface area is 317 Å². The summed E-state index contributed by atoms with van der Waals surface area (Å²) < 4.78 is 102. The summed E-state index contributed by atoms with van der Waals surface area (Å²) in [6, 6.07) is 0. The molecular weight excluding hydrogens is 755 g/mol. The fourth-order valence-electron chi connectivity index (χ4n) is 0.420.